The Hall–Kier alpha value is -1.60. The number of nitrogens with two attached hydrogens (primary N) is 1. The van der Waals surface area contributed by atoms with Gasteiger partial charge in [0.05, 0.1) is 0 Å². The highest BCUT2D eigenvalue weighted by Gasteiger charge is 2.29. The van der Waals surface area contributed by atoms with Crippen molar-refractivity contribution in [1.82, 2.24) is 19.7 Å². The highest BCUT2D eigenvalue weighted by Crippen LogP contribution is 2.37. The van der Waals surface area contributed by atoms with Gasteiger partial charge in [0.15, 0.2) is 5.16 Å². The largest absolute Gasteiger partial charge is 0.344 e. The van der Waals surface area contributed by atoms with Gasteiger partial charge >= 0.3 is 5.69 Å². The first-order chi connectivity index (χ1) is 9.29. The first-order valence-corrected chi connectivity index (χ1v) is 7.10. The smallest absolute Gasteiger partial charge is 0.330 e. The maximum atomic E-state index is 11.7. The van der Waals surface area contributed by atoms with E-state index in [1.54, 1.807) is 10.8 Å². The molecule has 0 aromatic carbocycles. The second kappa shape index (κ2) is 5.18. The predicted octanol–water partition coefficient (Wildman–Crippen LogP) is 0.954. The van der Waals surface area contributed by atoms with E-state index in [2.05, 4.69) is 15.2 Å². The summed E-state index contributed by atoms with van der Waals surface area (Å²) in [4.78, 5) is 16.1. The van der Waals surface area contributed by atoms with Crippen molar-refractivity contribution in [3.05, 3.63) is 34.4 Å². The summed E-state index contributed by atoms with van der Waals surface area (Å²) in [5.41, 5.74) is 6.55. The Morgan fingerprint density at radius 2 is 2.37 bits per heavy atom. The van der Waals surface area contributed by atoms with Crippen LogP contribution in [0.2, 0.25) is 0 Å². The summed E-state index contributed by atoms with van der Waals surface area (Å²) in [6.07, 6.45) is 4.61. The SMILES string of the molecule is NCCc1cccnc1Sc1n[nH]c(=O)n1C1CC1. The highest BCUT2D eigenvalue weighted by molar-refractivity contribution is 7.99. The van der Waals surface area contributed by atoms with Crippen LogP contribution in [0.5, 0.6) is 0 Å². The van der Waals surface area contributed by atoms with E-state index < -0.39 is 0 Å². The number of pyridine rings is 1. The average Bonchev–Trinajstić information content (AvgIpc) is 3.18. The molecule has 7 heteroatoms. The Labute approximate surface area is 114 Å². The molecule has 100 valence electrons. The molecule has 2 heterocycles. The fourth-order valence-corrected chi connectivity index (χ4v) is 2.97. The van der Waals surface area contributed by atoms with Gasteiger partial charge < -0.3 is 5.73 Å². The lowest BCUT2D eigenvalue weighted by Crippen LogP contribution is -2.16. The van der Waals surface area contributed by atoms with E-state index in [0.717, 1.165) is 29.9 Å². The Bertz CT molecular complexity index is 631. The molecule has 1 aliphatic carbocycles. The Balaban J connectivity index is 1.91. The molecule has 0 saturated heterocycles. The summed E-state index contributed by atoms with van der Waals surface area (Å²) in [5.74, 6) is 0. The van der Waals surface area contributed by atoms with Crippen LogP contribution in [0.3, 0.4) is 0 Å². The fraction of sp³-hybridized carbons (Fsp3) is 0.417. The van der Waals surface area contributed by atoms with Crippen LogP contribution in [0.25, 0.3) is 0 Å². The summed E-state index contributed by atoms with van der Waals surface area (Å²) in [6.45, 7) is 0.579. The van der Waals surface area contributed by atoms with E-state index in [0.29, 0.717) is 17.7 Å². The van der Waals surface area contributed by atoms with E-state index in [-0.39, 0.29) is 5.69 Å². The molecule has 0 amide bonds. The summed E-state index contributed by atoms with van der Waals surface area (Å²) in [7, 11) is 0. The Kier molecular flexibility index (Phi) is 3.39. The number of aromatic nitrogens is 4. The molecule has 19 heavy (non-hydrogen) atoms. The molecule has 1 aliphatic rings. The minimum atomic E-state index is -0.138. The Morgan fingerprint density at radius 1 is 1.53 bits per heavy atom. The number of nitrogens with zero attached hydrogens (tertiary/aromatic N) is 3. The van der Waals surface area contributed by atoms with Crippen LogP contribution < -0.4 is 11.4 Å². The van der Waals surface area contributed by atoms with Crippen LogP contribution >= 0.6 is 11.8 Å². The molecule has 0 radical (unpaired) electrons. The molecule has 6 nitrogen and oxygen atoms in total. The zero-order valence-electron chi connectivity index (χ0n) is 10.4. The van der Waals surface area contributed by atoms with Crippen LogP contribution in [0, 0.1) is 0 Å². The van der Waals surface area contributed by atoms with E-state index in [1.807, 2.05) is 12.1 Å². The third-order valence-corrected chi connectivity index (χ3v) is 4.07. The molecule has 0 unspecified atom stereocenters. The van der Waals surface area contributed by atoms with E-state index in [9.17, 15) is 4.79 Å². The third-order valence-electron chi connectivity index (χ3n) is 3.04. The molecule has 0 spiro atoms. The van der Waals surface area contributed by atoms with Gasteiger partial charge in [-0.2, -0.15) is 0 Å². The quantitative estimate of drug-likeness (QED) is 0.849. The molecule has 2 aromatic rings. The van der Waals surface area contributed by atoms with Crippen LogP contribution in [-0.2, 0) is 6.42 Å². The molecule has 2 aromatic heterocycles. The molecule has 3 N–H and O–H groups in total. The van der Waals surface area contributed by atoms with Crippen molar-refractivity contribution in [1.29, 1.82) is 0 Å². The lowest BCUT2D eigenvalue weighted by atomic mass is 10.2. The minimum absolute atomic E-state index is 0.138. The molecule has 1 saturated carbocycles. The van der Waals surface area contributed by atoms with Gasteiger partial charge in [-0.3, -0.25) is 4.57 Å². The van der Waals surface area contributed by atoms with Crippen LogP contribution in [-0.4, -0.2) is 26.3 Å². The molecular formula is C12H15N5OS. The number of hydrogen-bond donors (Lipinski definition) is 2. The lowest BCUT2D eigenvalue weighted by Gasteiger charge is -2.07. The number of rotatable bonds is 5. The summed E-state index contributed by atoms with van der Waals surface area (Å²) < 4.78 is 1.73. The average molecular weight is 277 g/mol. The summed E-state index contributed by atoms with van der Waals surface area (Å²) in [5, 5.41) is 8.16. The summed E-state index contributed by atoms with van der Waals surface area (Å²) >= 11 is 1.42. The molecule has 3 rings (SSSR count). The monoisotopic (exact) mass is 277 g/mol. The van der Waals surface area contributed by atoms with Crippen molar-refractivity contribution in [3.63, 3.8) is 0 Å². The molecular weight excluding hydrogens is 262 g/mol. The van der Waals surface area contributed by atoms with Crippen LogP contribution in [0.1, 0.15) is 24.4 Å². The highest BCUT2D eigenvalue weighted by atomic mass is 32.2. The van der Waals surface area contributed by atoms with Crippen LogP contribution in [0.15, 0.2) is 33.3 Å². The second-order valence-corrected chi connectivity index (χ2v) is 5.48. The number of aromatic amines is 1. The van der Waals surface area contributed by atoms with E-state index in [1.165, 1.54) is 11.8 Å². The van der Waals surface area contributed by atoms with Gasteiger partial charge in [-0.05, 0) is 49.2 Å². The third kappa shape index (κ3) is 2.57. The second-order valence-electron chi connectivity index (χ2n) is 4.52. The number of H-pyrrole nitrogens is 1. The zero-order chi connectivity index (χ0) is 13.2. The van der Waals surface area contributed by atoms with Gasteiger partial charge in [-0.1, -0.05) is 6.07 Å². The standard InChI is InChI=1S/C12H15N5OS/c13-6-5-8-2-1-7-14-10(8)19-12-16-15-11(18)17(12)9-3-4-9/h1-2,7,9H,3-6,13H2,(H,15,18). The number of hydrogen-bond acceptors (Lipinski definition) is 5. The van der Waals surface area contributed by atoms with Crippen molar-refractivity contribution in [2.75, 3.05) is 6.54 Å². The number of nitrogens with one attached hydrogen (secondary N) is 1. The first kappa shape index (κ1) is 12.4. The van der Waals surface area contributed by atoms with Gasteiger partial charge in [0.2, 0.25) is 0 Å². The van der Waals surface area contributed by atoms with Gasteiger partial charge in [0.25, 0.3) is 0 Å². The van der Waals surface area contributed by atoms with Gasteiger partial charge in [0, 0.05) is 12.2 Å². The fourth-order valence-electron chi connectivity index (χ4n) is 1.97. The first-order valence-electron chi connectivity index (χ1n) is 6.28. The van der Waals surface area contributed by atoms with Crippen LogP contribution in [0.4, 0.5) is 0 Å². The maximum absolute atomic E-state index is 11.7. The van der Waals surface area contributed by atoms with Crippen molar-refractivity contribution < 1.29 is 0 Å². The molecule has 1 fully saturated rings. The van der Waals surface area contributed by atoms with Gasteiger partial charge in [-0.15, -0.1) is 5.10 Å². The van der Waals surface area contributed by atoms with Gasteiger partial charge in [0.1, 0.15) is 5.03 Å². The molecule has 0 atom stereocenters. The van der Waals surface area contributed by atoms with Crippen molar-refractivity contribution in [3.8, 4) is 0 Å². The van der Waals surface area contributed by atoms with Gasteiger partial charge in [-0.25, -0.2) is 14.9 Å². The normalized spacial score (nSPS) is 14.8. The molecule has 0 aliphatic heterocycles. The van der Waals surface area contributed by atoms with E-state index in [4.69, 9.17) is 5.73 Å². The molecule has 0 bridgehead atoms. The predicted molar refractivity (Wildman–Crippen MR) is 72.2 cm³/mol. The lowest BCUT2D eigenvalue weighted by molar-refractivity contribution is 0.642. The van der Waals surface area contributed by atoms with Crippen molar-refractivity contribution in [2.45, 2.75) is 35.5 Å². The van der Waals surface area contributed by atoms with Crippen molar-refractivity contribution >= 4 is 11.8 Å². The Morgan fingerprint density at radius 3 is 3.11 bits per heavy atom. The summed E-state index contributed by atoms with van der Waals surface area (Å²) in [6, 6.07) is 4.21. The maximum Gasteiger partial charge on any atom is 0.344 e. The van der Waals surface area contributed by atoms with E-state index >= 15 is 0 Å². The van der Waals surface area contributed by atoms with Crippen molar-refractivity contribution in [2.24, 2.45) is 5.73 Å². The minimum Gasteiger partial charge on any atom is -0.330 e. The zero-order valence-corrected chi connectivity index (χ0v) is 11.2. The topological polar surface area (TPSA) is 89.6 Å².